The van der Waals surface area contributed by atoms with E-state index in [1.54, 1.807) is 18.2 Å². The van der Waals surface area contributed by atoms with Crippen LogP contribution in [0.3, 0.4) is 0 Å². The molecule has 134 valence electrons. The van der Waals surface area contributed by atoms with Crippen molar-refractivity contribution in [3.05, 3.63) is 52.2 Å². The Morgan fingerprint density at radius 2 is 2.08 bits per heavy atom. The Bertz CT molecular complexity index is 914. The van der Waals surface area contributed by atoms with Gasteiger partial charge in [0, 0.05) is 30.2 Å². The van der Waals surface area contributed by atoms with Gasteiger partial charge in [0.25, 0.3) is 0 Å². The van der Waals surface area contributed by atoms with E-state index in [0.29, 0.717) is 17.2 Å². The smallest absolute Gasteiger partial charge is 0.308 e. The van der Waals surface area contributed by atoms with E-state index in [-0.39, 0.29) is 23.5 Å². The molecular weight excluding hydrogens is 353 g/mol. The zero-order chi connectivity index (χ0) is 18.3. The predicted octanol–water partition coefficient (Wildman–Crippen LogP) is 3.52. The van der Waals surface area contributed by atoms with Crippen LogP contribution in [-0.2, 0) is 16.0 Å². The summed E-state index contributed by atoms with van der Waals surface area (Å²) in [5.41, 5.74) is 1.36. The van der Waals surface area contributed by atoms with Crippen LogP contribution >= 0.6 is 11.3 Å². The van der Waals surface area contributed by atoms with Crippen LogP contribution in [0.15, 0.2) is 30.3 Å². The van der Waals surface area contributed by atoms with Gasteiger partial charge in [-0.05, 0) is 25.0 Å². The molecule has 0 radical (unpaired) electrons. The number of nitrogens with zero attached hydrogens (tertiary/aromatic N) is 1. The first kappa shape index (κ1) is 17.1. The fraction of sp³-hybridized carbons (Fsp3) is 0.350. The quantitative estimate of drug-likeness (QED) is 0.596. The molecule has 2 aromatic rings. The normalized spacial score (nSPS) is 17.2. The molecule has 0 amide bonds. The number of esters is 1. The lowest BCUT2D eigenvalue weighted by Crippen LogP contribution is -2.32. The van der Waals surface area contributed by atoms with Crippen LogP contribution in [0.4, 0.5) is 4.39 Å². The summed E-state index contributed by atoms with van der Waals surface area (Å²) in [5, 5.41) is 0.552. The Morgan fingerprint density at radius 3 is 2.77 bits per heavy atom. The van der Waals surface area contributed by atoms with E-state index < -0.39 is 6.04 Å². The fourth-order valence-corrected chi connectivity index (χ4v) is 4.39. The first-order valence-electron chi connectivity index (χ1n) is 8.73. The number of thiophene rings is 1. The standard InChI is InChI=1S/C20H19FNO3S/c1-12(23)25-18-10-14-11-22(9-8-17(14)26-18)19(20(24)13-6-7-13)15-4-2-3-5-16(15)21/h2-5,10-11,13,19H,6-9H2,1H3/q+1. The highest BCUT2D eigenvalue weighted by Crippen LogP contribution is 2.38. The van der Waals surface area contributed by atoms with Crippen molar-refractivity contribution in [1.29, 1.82) is 0 Å². The number of ether oxygens (including phenoxy) is 1. The van der Waals surface area contributed by atoms with Gasteiger partial charge in [-0.3, -0.25) is 9.59 Å². The zero-order valence-corrected chi connectivity index (χ0v) is 15.2. The number of Topliss-reactive ketones (excluding diaryl/α,β-unsaturated/α-hetero) is 1. The van der Waals surface area contributed by atoms with Crippen molar-refractivity contribution in [3.8, 4) is 5.06 Å². The minimum Gasteiger partial charge on any atom is -0.416 e. The number of rotatable bonds is 5. The zero-order valence-electron chi connectivity index (χ0n) is 14.4. The van der Waals surface area contributed by atoms with E-state index in [9.17, 15) is 14.0 Å². The highest BCUT2D eigenvalue weighted by atomic mass is 32.1. The molecule has 1 atom stereocenters. The highest BCUT2D eigenvalue weighted by molar-refractivity contribution is 7.14. The van der Waals surface area contributed by atoms with Gasteiger partial charge in [0.2, 0.25) is 11.8 Å². The van der Waals surface area contributed by atoms with Crippen molar-refractivity contribution >= 4 is 29.3 Å². The van der Waals surface area contributed by atoms with Crippen LogP contribution in [0, 0.1) is 11.7 Å². The van der Waals surface area contributed by atoms with Crippen molar-refractivity contribution < 1.29 is 23.3 Å². The van der Waals surface area contributed by atoms with Gasteiger partial charge in [-0.1, -0.05) is 12.1 Å². The number of halogens is 1. The summed E-state index contributed by atoms with van der Waals surface area (Å²) in [6.07, 6.45) is 4.41. The molecule has 1 saturated carbocycles. The van der Waals surface area contributed by atoms with Gasteiger partial charge in [0.1, 0.15) is 12.4 Å². The van der Waals surface area contributed by atoms with Gasteiger partial charge in [0.05, 0.1) is 11.1 Å². The second-order valence-corrected chi connectivity index (χ2v) is 7.85. The van der Waals surface area contributed by atoms with E-state index in [4.69, 9.17) is 4.74 Å². The third-order valence-electron chi connectivity index (χ3n) is 4.75. The van der Waals surface area contributed by atoms with E-state index in [1.807, 2.05) is 16.9 Å². The Hall–Kier alpha value is -2.34. The largest absolute Gasteiger partial charge is 0.416 e. The Kier molecular flexibility index (Phi) is 4.44. The van der Waals surface area contributed by atoms with Crippen LogP contribution < -0.4 is 4.74 Å². The van der Waals surface area contributed by atoms with Crippen LogP contribution in [0.1, 0.15) is 41.8 Å². The van der Waals surface area contributed by atoms with E-state index in [1.165, 1.54) is 24.3 Å². The molecule has 2 aliphatic rings. The number of carbonyl (C=O) groups is 2. The van der Waals surface area contributed by atoms with E-state index >= 15 is 0 Å². The molecule has 4 rings (SSSR count). The van der Waals surface area contributed by atoms with Crippen molar-refractivity contribution in [3.63, 3.8) is 0 Å². The summed E-state index contributed by atoms with van der Waals surface area (Å²) >= 11 is 1.44. The van der Waals surface area contributed by atoms with Crippen molar-refractivity contribution in [1.82, 2.24) is 0 Å². The lowest BCUT2D eigenvalue weighted by Gasteiger charge is -2.18. The van der Waals surface area contributed by atoms with Gasteiger partial charge >= 0.3 is 5.97 Å². The first-order valence-corrected chi connectivity index (χ1v) is 9.54. The third-order valence-corrected chi connectivity index (χ3v) is 5.83. The van der Waals surface area contributed by atoms with Gasteiger partial charge < -0.3 is 4.74 Å². The molecule has 26 heavy (non-hydrogen) atoms. The average molecular weight is 372 g/mol. The molecular formula is C20H19FNO3S+. The van der Waals surface area contributed by atoms with Gasteiger partial charge in [-0.2, -0.15) is 0 Å². The molecule has 1 aliphatic carbocycles. The fourth-order valence-electron chi connectivity index (χ4n) is 3.37. The van der Waals surface area contributed by atoms with Crippen LogP contribution in [-0.4, -0.2) is 29.1 Å². The number of ketones is 1. The third kappa shape index (κ3) is 3.33. The molecule has 0 spiro atoms. The monoisotopic (exact) mass is 372 g/mol. The molecule has 1 aromatic carbocycles. The summed E-state index contributed by atoms with van der Waals surface area (Å²) < 4.78 is 21.5. The maximum atomic E-state index is 14.4. The van der Waals surface area contributed by atoms with Gasteiger partial charge in [-0.25, -0.2) is 8.97 Å². The molecule has 6 heteroatoms. The minimum absolute atomic E-state index is 0.0356. The maximum absolute atomic E-state index is 14.4. The summed E-state index contributed by atoms with van der Waals surface area (Å²) in [6.45, 7) is 2.00. The molecule has 1 unspecified atom stereocenters. The number of hydrogen-bond donors (Lipinski definition) is 0. The van der Waals surface area contributed by atoms with Gasteiger partial charge in [-0.15, -0.1) is 11.3 Å². The van der Waals surface area contributed by atoms with Crippen LogP contribution in [0.25, 0.3) is 0 Å². The summed E-state index contributed by atoms with van der Waals surface area (Å²) in [5.74, 6) is -0.580. The molecule has 1 fully saturated rings. The molecule has 0 saturated heterocycles. The minimum atomic E-state index is -0.603. The topological polar surface area (TPSA) is 46.4 Å². The van der Waals surface area contributed by atoms with Gasteiger partial charge in [0.15, 0.2) is 11.3 Å². The van der Waals surface area contributed by atoms with Crippen LogP contribution in [0.2, 0.25) is 0 Å². The first-order chi connectivity index (χ1) is 12.5. The molecule has 1 aromatic heterocycles. The number of fused-ring (bicyclic) bond motifs is 1. The van der Waals surface area contributed by atoms with Crippen molar-refractivity contribution in [2.45, 2.75) is 32.2 Å². The average Bonchev–Trinajstić information content (AvgIpc) is 3.37. The Morgan fingerprint density at radius 1 is 1.31 bits per heavy atom. The summed E-state index contributed by atoms with van der Waals surface area (Å²) in [7, 11) is 0. The van der Waals surface area contributed by atoms with E-state index in [0.717, 1.165) is 29.7 Å². The number of benzene rings is 1. The second kappa shape index (κ2) is 6.76. The van der Waals surface area contributed by atoms with Crippen molar-refractivity contribution in [2.75, 3.05) is 6.54 Å². The SMILES string of the molecule is CC(=O)Oc1cc2c(s1)CC[N+](C(C(=O)C1CC1)c1ccccc1F)=C2. The number of carbonyl (C=O) groups excluding carboxylic acids is 2. The molecule has 4 nitrogen and oxygen atoms in total. The number of hydrogen-bond acceptors (Lipinski definition) is 4. The Labute approximate surface area is 154 Å². The van der Waals surface area contributed by atoms with Crippen LogP contribution in [0.5, 0.6) is 5.06 Å². The van der Waals surface area contributed by atoms with Crippen molar-refractivity contribution in [2.24, 2.45) is 5.92 Å². The maximum Gasteiger partial charge on any atom is 0.308 e. The molecule has 1 aliphatic heterocycles. The lowest BCUT2D eigenvalue weighted by atomic mass is 9.97. The predicted molar refractivity (Wildman–Crippen MR) is 96.5 cm³/mol. The second-order valence-electron chi connectivity index (χ2n) is 6.76. The Balaban J connectivity index is 1.72. The summed E-state index contributed by atoms with van der Waals surface area (Å²) in [6, 6.07) is 7.72. The highest BCUT2D eigenvalue weighted by Gasteiger charge is 2.43. The lowest BCUT2D eigenvalue weighted by molar-refractivity contribution is -0.555. The molecule has 0 bridgehead atoms. The summed E-state index contributed by atoms with van der Waals surface area (Å²) in [4.78, 5) is 25.2. The van der Waals surface area contributed by atoms with E-state index in [2.05, 4.69) is 0 Å². The molecule has 0 N–H and O–H groups in total. The molecule has 2 heterocycles.